The summed E-state index contributed by atoms with van der Waals surface area (Å²) in [7, 11) is -0.506. The van der Waals surface area contributed by atoms with E-state index >= 15 is 0 Å². The Morgan fingerprint density at radius 2 is 1.90 bits per heavy atom. The van der Waals surface area contributed by atoms with Crippen LogP contribution in [0.25, 0.3) is 0 Å². The molecule has 0 aromatic heterocycles. The van der Waals surface area contributed by atoms with E-state index in [9.17, 15) is 8.42 Å². The van der Waals surface area contributed by atoms with Gasteiger partial charge in [0.15, 0.2) is 0 Å². The monoisotopic (exact) mass is 300 g/mol. The lowest BCUT2D eigenvalue weighted by atomic mass is 10.2. The summed E-state index contributed by atoms with van der Waals surface area (Å²) in [6, 6.07) is 4.99. The molecule has 0 unspecified atom stereocenters. The second-order valence-electron chi connectivity index (χ2n) is 4.68. The highest BCUT2D eigenvalue weighted by atomic mass is 32.2. The highest BCUT2D eigenvalue weighted by Gasteiger charge is 2.29. The number of hydrogen-bond acceptors (Lipinski definition) is 4. The van der Waals surface area contributed by atoms with Gasteiger partial charge in [0, 0.05) is 19.6 Å². The van der Waals surface area contributed by atoms with Crippen LogP contribution in [0.15, 0.2) is 23.1 Å². The van der Waals surface area contributed by atoms with Gasteiger partial charge in [0.1, 0.15) is 10.6 Å². The van der Waals surface area contributed by atoms with Gasteiger partial charge in [0.25, 0.3) is 0 Å². The van der Waals surface area contributed by atoms with Crippen LogP contribution in [0.5, 0.6) is 5.75 Å². The zero-order valence-corrected chi connectivity index (χ0v) is 13.4. The summed E-state index contributed by atoms with van der Waals surface area (Å²) < 4.78 is 32.1. The maximum Gasteiger partial charge on any atom is 0.246 e. The van der Waals surface area contributed by atoms with E-state index in [4.69, 9.17) is 10.5 Å². The molecule has 0 saturated carbocycles. The van der Waals surface area contributed by atoms with E-state index in [0.717, 1.165) is 18.4 Å². The van der Waals surface area contributed by atoms with Crippen LogP contribution in [0.1, 0.15) is 32.3 Å². The van der Waals surface area contributed by atoms with E-state index in [1.54, 1.807) is 25.2 Å². The van der Waals surface area contributed by atoms with Crippen molar-refractivity contribution in [3.05, 3.63) is 23.8 Å². The minimum Gasteiger partial charge on any atom is -0.495 e. The highest BCUT2D eigenvalue weighted by Crippen LogP contribution is 2.29. The van der Waals surface area contributed by atoms with E-state index < -0.39 is 10.0 Å². The largest absolute Gasteiger partial charge is 0.495 e. The van der Waals surface area contributed by atoms with Crippen LogP contribution in [0, 0.1) is 0 Å². The van der Waals surface area contributed by atoms with Gasteiger partial charge >= 0.3 is 0 Å². The summed E-state index contributed by atoms with van der Waals surface area (Å²) in [6.45, 7) is 4.25. The van der Waals surface area contributed by atoms with Gasteiger partial charge in [0.05, 0.1) is 7.11 Å². The molecule has 6 heteroatoms. The van der Waals surface area contributed by atoms with Gasteiger partial charge in [-0.15, -0.1) is 0 Å². The number of sulfonamides is 1. The highest BCUT2D eigenvalue weighted by molar-refractivity contribution is 7.89. The Hall–Kier alpha value is -1.11. The first kappa shape index (κ1) is 16.9. The van der Waals surface area contributed by atoms with E-state index in [0.29, 0.717) is 12.3 Å². The molecule has 20 heavy (non-hydrogen) atoms. The van der Waals surface area contributed by atoms with E-state index in [1.807, 2.05) is 13.8 Å². The molecule has 0 bridgehead atoms. The van der Waals surface area contributed by atoms with Crippen LogP contribution in [0.3, 0.4) is 0 Å². The molecular weight excluding hydrogens is 276 g/mol. The fraction of sp³-hybridized carbons (Fsp3) is 0.571. The van der Waals surface area contributed by atoms with Crippen molar-refractivity contribution < 1.29 is 13.2 Å². The Labute approximate surface area is 121 Å². The third kappa shape index (κ3) is 3.31. The maximum atomic E-state index is 12.7. The lowest BCUT2D eigenvalue weighted by Gasteiger charge is -2.26. The number of rotatable bonds is 7. The minimum atomic E-state index is -3.58. The molecule has 0 fully saturated rings. The SMILES string of the molecule is CCC(CC)N(C)S(=O)(=O)c1cc(CN)ccc1OC. The van der Waals surface area contributed by atoms with Crippen molar-refractivity contribution in [2.24, 2.45) is 5.73 Å². The van der Waals surface area contributed by atoms with Crippen molar-refractivity contribution in [2.45, 2.75) is 44.2 Å². The molecule has 1 aromatic carbocycles. The summed E-state index contributed by atoms with van der Waals surface area (Å²) >= 11 is 0. The first-order chi connectivity index (χ1) is 9.42. The quantitative estimate of drug-likeness (QED) is 0.835. The zero-order chi connectivity index (χ0) is 15.3. The molecule has 0 aliphatic heterocycles. The standard InChI is InChI=1S/C14H24N2O3S/c1-5-12(6-2)16(3)20(17,18)14-9-11(10-15)7-8-13(14)19-4/h7-9,12H,5-6,10,15H2,1-4H3. The van der Waals surface area contributed by atoms with Gasteiger partial charge in [0.2, 0.25) is 10.0 Å². The van der Waals surface area contributed by atoms with Gasteiger partial charge < -0.3 is 10.5 Å². The Morgan fingerprint density at radius 3 is 2.35 bits per heavy atom. The molecule has 5 nitrogen and oxygen atoms in total. The van der Waals surface area contributed by atoms with Gasteiger partial charge in [-0.3, -0.25) is 0 Å². The first-order valence-corrected chi connectivity index (χ1v) is 8.21. The second kappa shape index (κ2) is 7.06. The number of benzene rings is 1. The van der Waals surface area contributed by atoms with Crippen molar-refractivity contribution in [3.63, 3.8) is 0 Å². The number of ether oxygens (including phenoxy) is 1. The van der Waals surface area contributed by atoms with Crippen molar-refractivity contribution in [3.8, 4) is 5.75 Å². The summed E-state index contributed by atoms with van der Waals surface area (Å²) in [6.07, 6.45) is 1.54. The molecule has 0 radical (unpaired) electrons. The molecule has 0 heterocycles. The summed E-state index contributed by atoms with van der Waals surface area (Å²) in [5, 5.41) is 0. The average Bonchev–Trinajstić information content (AvgIpc) is 2.47. The lowest BCUT2D eigenvalue weighted by Crippen LogP contribution is -2.36. The smallest absolute Gasteiger partial charge is 0.246 e. The zero-order valence-electron chi connectivity index (χ0n) is 12.6. The molecule has 0 atom stereocenters. The van der Waals surface area contributed by atoms with Crippen LogP contribution < -0.4 is 10.5 Å². The third-order valence-corrected chi connectivity index (χ3v) is 5.51. The summed E-state index contributed by atoms with van der Waals surface area (Å²) in [4.78, 5) is 0.178. The van der Waals surface area contributed by atoms with Gasteiger partial charge in [-0.05, 0) is 30.5 Å². The Balaban J connectivity index is 3.33. The summed E-state index contributed by atoms with van der Waals surface area (Å²) in [5.74, 6) is 0.347. The van der Waals surface area contributed by atoms with Crippen LogP contribution >= 0.6 is 0 Å². The van der Waals surface area contributed by atoms with Crippen molar-refractivity contribution >= 4 is 10.0 Å². The topological polar surface area (TPSA) is 72.6 Å². The van der Waals surface area contributed by atoms with Crippen LogP contribution in [-0.2, 0) is 16.6 Å². The van der Waals surface area contributed by atoms with E-state index in [2.05, 4.69) is 0 Å². The molecule has 0 spiro atoms. The lowest BCUT2D eigenvalue weighted by molar-refractivity contribution is 0.345. The fourth-order valence-corrected chi connectivity index (χ4v) is 3.91. The molecule has 0 saturated heterocycles. The average molecular weight is 300 g/mol. The first-order valence-electron chi connectivity index (χ1n) is 6.77. The molecule has 114 valence electrons. The maximum absolute atomic E-state index is 12.7. The van der Waals surface area contributed by atoms with Crippen molar-refractivity contribution in [1.82, 2.24) is 4.31 Å². The molecular formula is C14H24N2O3S. The van der Waals surface area contributed by atoms with Gasteiger partial charge in [-0.2, -0.15) is 4.31 Å². The molecule has 1 rings (SSSR count). The van der Waals surface area contributed by atoms with E-state index in [1.165, 1.54) is 11.4 Å². The second-order valence-corrected chi connectivity index (χ2v) is 6.65. The van der Waals surface area contributed by atoms with Crippen LogP contribution in [0.2, 0.25) is 0 Å². The normalized spacial score (nSPS) is 12.2. The predicted molar refractivity (Wildman–Crippen MR) is 80.2 cm³/mol. The number of nitrogens with two attached hydrogens (primary N) is 1. The van der Waals surface area contributed by atoms with Gasteiger partial charge in [-0.1, -0.05) is 19.9 Å². The molecule has 0 aliphatic rings. The third-order valence-electron chi connectivity index (χ3n) is 3.58. The van der Waals surface area contributed by atoms with Crippen LogP contribution in [-0.4, -0.2) is 32.9 Å². The molecule has 0 amide bonds. The van der Waals surface area contributed by atoms with E-state index in [-0.39, 0.29) is 10.9 Å². The van der Waals surface area contributed by atoms with Crippen molar-refractivity contribution in [1.29, 1.82) is 0 Å². The minimum absolute atomic E-state index is 0.0220. The number of methoxy groups -OCH3 is 1. The predicted octanol–water partition coefficient (Wildman–Crippen LogP) is 1.96. The van der Waals surface area contributed by atoms with Gasteiger partial charge in [-0.25, -0.2) is 8.42 Å². The Bertz CT molecular complexity index is 539. The molecule has 2 N–H and O–H groups in total. The number of hydrogen-bond donors (Lipinski definition) is 1. The summed E-state index contributed by atoms with van der Waals surface area (Å²) in [5.41, 5.74) is 6.36. The van der Waals surface area contributed by atoms with Crippen LogP contribution in [0.4, 0.5) is 0 Å². The fourth-order valence-electron chi connectivity index (χ4n) is 2.20. The Morgan fingerprint density at radius 1 is 1.30 bits per heavy atom. The molecule has 0 aliphatic carbocycles. The number of nitrogens with zero attached hydrogens (tertiary/aromatic N) is 1. The molecule has 1 aromatic rings. The van der Waals surface area contributed by atoms with Crippen molar-refractivity contribution in [2.75, 3.05) is 14.2 Å². The Kier molecular flexibility index (Phi) is 5.98.